The Morgan fingerprint density at radius 1 is 1.11 bits per heavy atom. The predicted octanol–water partition coefficient (Wildman–Crippen LogP) is 4.87. The lowest BCUT2D eigenvalue weighted by Gasteiger charge is -2.11. The summed E-state index contributed by atoms with van der Waals surface area (Å²) in [4.78, 5) is 4.37. The van der Waals surface area contributed by atoms with Gasteiger partial charge in [0.25, 0.3) is 0 Å². The summed E-state index contributed by atoms with van der Waals surface area (Å²) in [5, 5.41) is 0.630. The van der Waals surface area contributed by atoms with Gasteiger partial charge >= 0.3 is 0 Å². The van der Waals surface area contributed by atoms with E-state index < -0.39 is 0 Å². The molecule has 0 aliphatic heterocycles. The minimum atomic E-state index is -0.0994. The van der Waals surface area contributed by atoms with Crippen molar-refractivity contribution < 1.29 is 0 Å². The molecule has 0 fully saturated rings. The van der Waals surface area contributed by atoms with Crippen LogP contribution in [0.2, 0.25) is 5.02 Å². The van der Waals surface area contributed by atoms with E-state index in [1.54, 1.807) is 0 Å². The molecule has 94 valence electrons. The molecule has 0 saturated heterocycles. The SMILES string of the molecule is Cc1ccc(CC(Cl)c2cc(C)cc(Cl)c2)nc1. The summed E-state index contributed by atoms with van der Waals surface area (Å²) >= 11 is 12.5. The summed E-state index contributed by atoms with van der Waals surface area (Å²) in [6, 6.07) is 9.98. The summed E-state index contributed by atoms with van der Waals surface area (Å²) in [6.45, 7) is 4.04. The van der Waals surface area contributed by atoms with E-state index in [0.29, 0.717) is 6.42 Å². The van der Waals surface area contributed by atoms with Gasteiger partial charge in [0.15, 0.2) is 0 Å². The Hall–Kier alpha value is -1.05. The van der Waals surface area contributed by atoms with Crippen molar-refractivity contribution in [3.05, 3.63) is 63.9 Å². The van der Waals surface area contributed by atoms with Crippen molar-refractivity contribution in [1.29, 1.82) is 0 Å². The van der Waals surface area contributed by atoms with Crippen LogP contribution in [0.5, 0.6) is 0 Å². The lowest BCUT2D eigenvalue weighted by molar-refractivity contribution is 0.877. The molecule has 0 saturated carbocycles. The predicted molar refractivity (Wildman–Crippen MR) is 77.5 cm³/mol. The lowest BCUT2D eigenvalue weighted by Crippen LogP contribution is -1.99. The fourth-order valence-electron chi connectivity index (χ4n) is 1.87. The maximum atomic E-state index is 6.43. The number of halogens is 2. The van der Waals surface area contributed by atoms with E-state index in [2.05, 4.69) is 17.1 Å². The molecule has 1 atom stereocenters. The van der Waals surface area contributed by atoms with Crippen LogP contribution in [0.25, 0.3) is 0 Å². The number of pyridine rings is 1. The van der Waals surface area contributed by atoms with Gasteiger partial charge in [-0.25, -0.2) is 0 Å². The molecule has 0 aliphatic rings. The third kappa shape index (κ3) is 3.47. The summed E-state index contributed by atoms with van der Waals surface area (Å²) in [5.41, 5.74) is 4.32. The van der Waals surface area contributed by atoms with Crippen molar-refractivity contribution in [2.75, 3.05) is 0 Å². The van der Waals surface area contributed by atoms with E-state index in [1.165, 1.54) is 0 Å². The molecule has 3 heteroatoms. The summed E-state index contributed by atoms with van der Waals surface area (Å²) in [6.07, 6.45) is 2.57. The van der Waals surface area contributed by atoms with Crippen molar-refractivity contribution in [2.45, 2.75) is 25.6 Å². The van der Waals surface area contributed by atoms with Crippen molar-refractivity contribution in [2.24, 2.45) is 0 Å². The molecule has 1 nitrogen and oxygen atoms in total. The van der Waals surface area contributed by atoms with Crippen LogP contribution in [0, 0.1) is 13.8 Å². The van der Waals surface area contributed by atoms with Gasteiger partial charge in [-0.1, -0.05) is 23.7 Å². The molecular weight excluding hydrogens is 265 g/mol. The topological polar surface area (TPSA) is 12.9 Å². The first-order valence-electron chi connectivity index (χ1n) is 5.87. The summed E-state index contributed by atoms with van der Waals surface area (Å²) < 4.78 is 0. The third-order valence-electron chi connectivity index (χ3n) is 2.79. The average molecular weight is 280 g/mol. The van der Waals surface area contributed by atoms with Gasteiger partial charge in [-0.05, 0) is 48.7 Å². The van der Waals surface area contributed by atoms with Crippen LogP contribution in [0.1, 0.15) is 27.8 Å². The molecule has 2 rings (SSSR count). The van der Waals surface area contributed by atoms with Gasteiger partial charge in [0.1, 0.15) is 0 Å². The monoisotopic (exact) mass is 279 g/mol. The van der Waals surface area contributed by atoms with E-state index in [4.69, 9.17) is 23.2 Å². The lowest BCUT2D eigenvalue weighted by atomic mass is 10.0. The molecule has 1 heterocycles. The molecular formula is C15H15Cl2N. The second-order valence-electron chi connectivity index (χ2n) is 4.56. The Morgan fingerprint density at radius 2 is 1.89 bits per heavy atom. The number of aromatic nitrogens is 1. The van der Waals surface area contributed by atoms with Gasteiger partial charge in [-0.3, -0.25) is 4.98 Å². The molecule has 0 aliphatic carbocycles. The molecule has 0 amide bonds. The second-order valence-corrected chi connectivity index (χ2v) is 5.52. The first kappa shape index (κ1) is 13.4. The molecule has 0 N–H and O–H groups in total. The number of aryl methyl sites for hydroxylation is 2. The van der Waals surface area contributed by atoms with Crippen molar-refractivity contribution in [3.63, 3.8) is 0 Å². The van der Waals surface area contributed by atoms with Crippen LogP contribution < -0.4 is 0 Å². The number of alkyl halides is 1. The van der Waals surface area contributed by atoms with Crippen LogP contribution in [0.3, 0.4) is 0 Å². The third-order valence-corrected chi connectivity index (χ3v) is 3.41. The molecule has 2 aromatic rings. The first-order valence-corrected chi connectivity index (χ1v) is 6.69. The molecule has 1 aromatic heterocycles. The molecule has 1 aromatic carbocycles. The van der Waals surface area contributed by atoms with E-state index in [0.717, 1.165) is 27.4 Å². The zero-order valence-corrected chi connectivity index (χ0v) is 12.0. The minimum absolute atomic E-state index is 0.0994. The molecule has 0 spiro atoms. The van der Waals surface area contributed by atoms with Gasteiger partial charge in [-0.15, -0.1) is 11.6 Å². The minimum Gasteiger partial charge on any atom is -0.261 e. The Kier molecular flexibility index (Phi) is 4.26. The van der Waals surface area contributed by atoms with E-state index in [-0.39, 0.29) is 5.38 Å². The van der Waals surface area contributed by atoms with Crippen molar-refractivity contribution >= 4 is 23.2 Å². The highest BCUT2D eigenvalue weighted by molar-refractivity contribution is 6.30. The zero-order valence-electron chi connectivity index (χ0n) is 10.5. The molecule has 18 heavy (non-hydrogen) atoms. The van der Waals surface area contributed by atoms with Gasteiger partial charge in [0.05, 0.1) is 5.38 Å². The highest BCUT2D eigenvalue weighted by Crippen LogP contribution is 2.27. The fourth-order valence-corrected chi connectivity index (χ4v) is 2.45. The Morgan fingerprint density at radius 3 is 2.50 bits per heavy atom. The zero-order chi connectivity index (χ0) is 13.1. The van der Waals surface area contributed by atoms with E-state index in [9.17, 15) is 0 Å². The largest absolute Gasteiger partial charge is 0.261 e. The van der Waals surface area contributed by atoms with Gasteiger partial charge in [0, 0.05) is 23.3 Å². The number of hydrogen-bond acceptors (Lipinski definition) is 1. The average Bonchev–Trinajstić information content (AvgIpc) is 2.31. The number of hydrogen-bond donors (Lipinski definition) is 0. The van der Waals surface area contributed by atoms with Crippen LogP contribution >= 0.6 is 23.2 Å². The Labute approximate surface area is 118 Å². The number of benzene rings is 1. The summed E-state index contributed by atoms with van der Waals surface area (Å²) in [5.74, 6) is 0. The first-order chi connectivity index (χ1) is 8.54. The molecule has 0 radical (unpaired) electrons. The van der Waals surface area contributed by atoms with Crippen molar-refractivity contribution in [1.82, 2.24) is 4.98 Å². The van der Waals surface area contributed by atoms with E-state index >= 15 is 0 Å². The molecule has 1 unspecified atom stereocenters. The van der Waals surface area contributed by atoms with Crippen molar-refractivity contribution in [3.8, 4) is 0 Å². The fraction of sp³-hybridized carbons (Fsp3) is 0.267. The van der Waals surface area contributed by atoms with Gasteiger partial charge in [0.2, 0.25) is 0 Å². The maximum Gasteiger partial charge on any atom is 0.0641 e. The summed E-state index contributed by atoms with van der Waals surface area (Å²) in [7, 11) is 0. The van der Waals surface area contributed by atoms with E-state index in [1.807, 2.05) is 38.2 Å². The normalized spacial score (nSPS) is 12.4. The second kappa shape index (κ2) is 5.73. The highest BCUT2D eigenvalue weighted by atomic mass is 35.5. The number of nitrogens with zero attached hydrogens (tertiary/aromatic N) is 1. The standard InChI is InChI=1S/C15H15Cl2N/c1-10-3-4-14(18-9-10)8-15(17)12-5-11(2)6-13(16)7-12/h3-7,9,15H,8H2,1-2H3. The quantitative estimate of drug-likeness (QED) is 0.730. The maximum absolute atomic E-state index is 6.43. The Balaban J connectivity index is 2.16. The highest BCUT2D eigenvalue weighted by Gasteiger charge is 2.11. The van der Waals surface area contributed by atoms with Gasteiger partial charge < -0.3 is 0 Å². The molecule has 0 bridgehead atoms. The smallest absolute Gasteiger partial charge is 0.0641 e. The van der Waals surface area contributed by atoms with Gasteiger partial charge in [-0.2, -0.15) is 0 Å². The van der Waals surface area contributed by atoms with Crippen LogP contribution in [-0.4, -0.2) is 4.98 Å². The Bertz CT molecular complexity index is 514. The van der Waals surface area contributed by atoms with Crippen LogP contribution in [0.15, 0.2) is 36.5 Å². The number of rotatable bonds is 3. The van der Waals surface area contributed by atoms with Crippen LogP contribution in [-0.2, 0) is 6.42 Å². The van der Waals surface area contributed by atoms with Crippen LogP contribution in [0.4, 0.5) is 0 Å².